The summed E-state index contributed by atoms with van der Waals surface area (Å²) in [4.78, 5) is 44.9. The number of amides is 2. The van der Waals surface area contributed by atoms with Gasteiger partial charge in [0.25, 0.3) is 5.56 Å². The second-order valence-corrected chi connectivity index (χ2v) is 9.69. The fourth-order valence-corrected chi connectivity index (χ4v) is 5.45. The molecule has 2 aliphatic rings. The van der Waals surface area contributed by atoms with Crippen molar-refractivity contribution >= 4 is 34.5 Å². The maximum Gasteiger partial charge on any atom is 0.262 e. The molecule has 4 rings (SSSR count). The number of fused-ring (bicyclic) bond motifs is 1. The van der Waals surface area contributed by atoms with E-state index in [0.717, 1.165) is 51.6 Å². The fourth-order valence-electron chi connectivity index (χ4n) is 4.61. The zero-order chi connectivity index (χ0) is 22.3. The fraction of sp³-hybridized carbons (Fsp3) is 0.583. The van der Waals surface area contributed by atoms with Crippen LogP contribution in [0.25, 0.3) is 10.9 Å². The molecule has 2 heterocycles. The van der Waals surface area contributed by atoms with Gasteiger partial charge in [0.1, 0.15) is 0 Å². The minimum absolute atomic E-state index is 0.0275. The van der Waals surface area contributed by atoms with Crippen LogP contribution in [0.1, 0.15) is 57.8 Å². The third-order valence-corrected chi connectivity index (χ3v) is 7.36. The Morgan fingerprint density at radius 1 is 1.03 bits per heavy atom. The maximum absolute atomic E-state index is 13.2. The molecule has 0 spiro atoms. The summed E-state index contributed by atoms with van der Waals surface area (Å²) in [7, 11) is 0. The number of carbonyl (C=O) groups is 2. The zero-order valence-electron chi connectivity index (χ0n) is 18.6. The van der Waals surface area contributed by atoms with E-state index in [1.54, 1.807) is 10.6 Å². The molecule has 0 bridgehead atoms. The molecule has 0 atom stereocenters. The van der Waals surface area contributed by atoms with Crippen molar-refractivity contribution in [1.82, 2.24) is 19.8 Å². The van der Waals surface area contributed by atoms with Crippen LogP contribution in [0.3, 0.4) is 0 Å². The van der Waals surface area contributed by atoms with Gasteiger partial charge in [0.2, 0.25) is 11.8 Å². The summed E-state index contributed by atoms with van der Waals surface area (Å²) in [5.41, 5.74) is 0.462. The summed E-state index contributed by atoms with van der Waals surface area (Å²) in [6.07, 6.45) is 9.15. The van der Waals surface area contributed by atoms with Gasteiger partial charge in [-0.1, -0.05) is 43.2 Å². The third kappa shape index (κ3) is 5.71. The molecule has 0 radical (unpaired) electrons. The molecule has 7 nitrogen and oxygen atoms in total. The van der Waals surface area contributed by atoms with Crippen molar-refractivity contribution < 1.29 is 9.59 Å². The van der Waals surface area contributed by atoms with Crippen molar-refractivity contribution in [2.24, 2.45) is 0 Å². The first-order valence-electron chi connectivity index (χ1n) is 11.8. The van der Waals surface area contributed by atoms with E-state index < -0.39 is 0 Å². The third-order valence-electron chi connectivity index (χ3n) is 6.39. The summed E-state index contributed by atoms with van der Waals surface area (Å²) in [5, 5.41) is 4.15. The average molecular weight is 457 g/mol. The first-order chi connectivity index (χ1) is 15.6. The zero-order valence-corrected chi connectivity index (χ0v) is 19.4. The second-order valence-electron chi connectivity index (χ2n) is 8.75. The highest BCUT2D eigenvalue weighted by Gasteiger charge is 2.20. The molecule has 1 aromatic heterocycles. The van der Waals surface area contributed by atoms with Crippen LogP contribution in [-0.4, -0.2) is 51.1 Å². The quantitative estimate of drug-likeness (QED) is 0.510. The SMILES string of the molecule is O=C(CSc1nc2ccccc2c(=O)n1CCC(=O)N1CCCCC1)NC1CCCCC1. The van der Waals surface area contributed by atoms with E-state index >= 15 is 0 Å². The average Bonchev–Trinajstić information content (AvgIpc) is 2.83. The van der Waals surface area contributed by atoms with E-state index in [-0.39, 0.29) is 42.1 Å². The van der Waals surface area contributed by atoms with E-state index in [2.05, 4.69) is 10.3 Å². The van der Waals surface area contributed by atoms with Crippen molar-refractivity contribution in [2.45, 2.75) is 75.5 Å². The van der Waals surface area contributed by atoms with E-state index in [9.17, 15) is 14.4 Å². The van der Waals surface area contributed by atoms with Gasteiger partial charge in [0.05, 0.1) is 16.7 Å². The Morgan fingerprint density at radius 3 is 2.53 bits per heavy atom. The Kier molecular flexibility index (Phi) is 7.84. The van der Waals surface area contributed by atoms with Gasteiger partial charge in [-0.3, -0.25) is 19.0 Å². The molecular weight excluding hydrogens is 424 g/mol. The summed E-state index contributed by atoms with van der Waals surface area (Å²) >= 11 is 1.27. The Balaban J connectivity index is 1.47. The molecule has 1 saturated heterocycles. The summed E-state index contributed by atoms with van der Waals surface area (Å²) < 4.78 is 1.57. The topological polar surface area (TPSA) is 84.3 Å². The lowest BCUT2D eigenvalue weighted by Gasteiger charge is -2.27. The number of nitrogens with one attached hydrogen (secondary N) is 1. The predicted molar refractivity (Wildman–Crippen MR) is 127 cm³/mol. The van der Waals surface area contributed by atoms with Crippen molar-refractivity contribution in [3.63, 3.8) is 0 Å². The van der Waals surface area contributed by atoms with Crippen LogP contribution in [0, 0.1) is 0 Å². The molecule has 2 amide bonds. The van der Waals surface area contributed by atoms with Crippen LogP contribution < -0.4 is 10.9 Å². The van der Waals surface area contributed by atoms with Crippen molar-refractivity contribution in [2.75, 3.05) is 18.8 Å². The Labute approximate surface area is 193 Å². The number of likely N-dealkylation sites (tertiary alicyclic amines) is 1. The highest BCUT2D eigenvalue weighted by molar-refractivity contribution is 7.99. The molecule has 1 N–H and O–H groups in total. The number of thioether (sulfide) groups is 1. The number of aromatic nitrogens is 2. The van der Waals surface area contributed by atoms with E-state index in [4.69, 9.17) is 0 Å². The van der Waals surface area contributed by atoms with Crippen LogP contribution >= 0.6 is 11.8 Å². The number of carbonyl (C=O) groups excluding carboxylic acids is 2. The highest BCUT2D eigenvalue weighted by atomic mass is 32.2. The second kappa shape index (κ2) is 11.0. The number of hydrogen-bond donors (Lipinski definition) is 1. The minimum Gasteiger partial charge on any atom is -0.353 e. The lowest BCUT2D eigenvalue weighted by molar-refractivity contribution is -0.132. The van der Waals surface area contributed by atoms with Gasteiger partial charge in [0, 0.05) is 32.1 Å². The number of piperidine rings is 1. The Bertz CT molecular complexity index is 1010. The number of rotatable bonds is 7. The van der Waals surface area contributed by atoms with E-state index in [0.29, 0.717) is 16.1 Å². The first kappa shape index (κ1) is 22.8. The van der Waals surface area contributed by atoms with E-state index in [1.807, 2.05) is 23.1 Å². The van der Waals surface area contributed by atoms with E-state index in [1.165, 1.54) is 24.6 Å². The lowest BCUT2D eigenvalue weighted by Crippen LogP contribution is -2.37. The first-order valence-corrected chi connectivity index (χ1v) is 12.8. The van der Waals surface area contributed by atoms with Crippen LogP contribution in [0.2, 0.25) is 0 Å². The summed E-state index contributed by atoms with van der Waals surface area (Å²) in [6.45, 7) is 1.87. The molecule has 2 fully saturated rings. The molecule has 1 aliphatic carbocycles. The van der Waals surface area contributed by atoms with Crippen molar-refractivity contribution in [3.05, 3.63) is 34.6 Å². The minimum atomic E-state index is -0.155. The van der Waals surface area contributed by atoms with Gasteiger partial charge in [0.15, 0.2) is 5.16 Å². The molecule has 8 heteroatoms. The molecule has 1 saturated carbocycles. The molecule has 32 heavy (non-hydrogen) atoms. The number of nitrogens with zero attached hydrogens (tertiary/aromatic N) is 3. The number of benzene rings is 1. The highest BCUT2D eigenvalue weighted by Crippen LogP contribution is 2.20. The van der Waals surface area contributed by atoms with Crippen LogP contribution in [-0.2, 0) is 16.1 Å². The smallest absolute Gasteiger partial charge is 0.262 e. The number of para-hydroxylation sites is 1. The van der Waals surface area contributed by atoms with Gasteiger partial charge in [-0.05, 0) is 44.2 Å². The van der Waals surface area contributed by atoms with Crippen LogP contribution in [0.5, 0.6) is 0 Å². The van der Waals surface area contributed by atoms with Crippen molar-refractivity contribution in [3.8, 4) is 0 Å². The molecule has 172 valence electrons. The molecular formula is C24H32N4O3S. The lowest BCUT2D eigenvalue weighted by atomic mass is 9.95. The maximum atomic E-state index is 13.2. The normalized spacial score (nSPS) is 17.4. The van der Waals surface area contributed by atoms with Gasteiger partial charge < -0.3 is 10.2 Å². The van der Waals surface area contributed by atoms with Gasteiger partial charge in [-0.2, -0.15) is 0 Å². The largest absolute Gasteiger partial charge is 0.353 e. The van der Waals surface area contributed by atoms with Gasteiger partial charge >= 0.3 is 0 Å². The summed E-state index contributed by atoms with van der Waals surface area (Å²) in [6, 6.07) is 7.50. The molecule has 2 aromatic rings. The predicted octanol–water partition coefficient (Wildman–Crippen LogP) is 3.34. The van der Waals surface area contributed by atoms with Crippen LogP contribution in [0.15, 0.2) is 34.2 Å². The van der Waals surface area contributed by atoms with Crippen molar-refractivity contribution in [1.29, 1.82) is 0 Å². The standard InChI is InChI=1S/C24H32N4O3S/c29-21(25-18-9-3-1-4-10-18)17-32-24-26-20-12-6-5-11-19(20)23(31)28(24)16-13-22(30)27-14-7-2-8-15-27/h5-6,11-12,18H,1-4,7-10,13-17H2,(H,25,29). The van der Waals surface area contributed by atoms with Crippen LogP contribution in [0.4, 0.5) is 0 Å². The Hall–Kier alpha value is -2.35. The molecule has 0 unspecified atom stereocenters. The Morgan fingerprint density at radius 2 is 1.75 bits per heavy atom. The van der Waals surface area contributed by atoms with Gasteiger partial charge in [-0.15, -0.1) is 0 Å². The summed E-state index contributed by atoms with van der Waals surface area (Å²) in [5.74, 6) is 0.262. The number of hydrogen-bond acceptors (Lipinski definition) is 5. The molecule has 1 aromatic carbocycles. The molecule has 1 aliphatic heterocycles. The van der Waals surface area contributed by atoms with Gasteiger partial charge in [-0.25, -0.2) is 4.98 Å². The monoisotopic (exact) mass is 456 g/mol.